The Hall–Kier alpha value is -3.51. The van der Waals surface area contributed by atoms with Crippen LogP contribution < -0.4 is 5.56 Å². The van der Waals surface area contributed by atoms with Crippen molar-refractivity contribution in [2.24, 2.45) is 0 Å². The van der Waals surface area contributed by atoms with Crippen LogP contribution in [0.4, 0.5) is 5.69 Å². The standard InChI is InChI=1S/C22H16ClN3O3/c1-13-7-8-14(2)18(11-13)21-16-5-3-4-6-17(16)22(27)25(24-21)20-12-15(23)9-10-19(20)26(28)29/h3-12H,1-2H3. The molecule has 4 rings (SSSR count). The van der Waals surface area contributed by atoms with Crippen molar-refractivity contribution in [3.05, 3.63) is 97.3 Å². The highest BCUT2D eigenvalue weighted by molar-refractivity contribution is 6.30. The quantitative estimate of drug-likeness (QED) is 0.345. The molecule has 1 aromatic heterocycles. The van der Waals surface area contributed by atoms with Crippen molar-refractivity contribution in [2.45, 2.75) is 13.8 Å². The molecule has 7 heteroatoms. The molecule has 0 radical (unpaired) electrons. The van der Waals surface area contributed by atoms with Gasteiger partial charge in [-0.25, -0.2) is 0 Å². The van der Waals surface area contributed by atoms with E-state index in [1.165, 1.54) is 18.2 Å². The van der Waals surface area contributed by atoms with Crippen molar-refractivity contribution in [1.29, 1.82) is 0 Å². The Morgan fingerprint density at radius 3 is 2.45 bits per heavy atom. The minimum Gasteiger partial charge on any atom is -0.267 e. The summed E-state index contributed by atoms with van der Waals surface area (Å²) in [5.74, 6) is 0. The van der Waals surface area contributed by atoms with Crippen LogP contribution >= 0.6 is 11.6 Å². The summed E-state index contributed by atoms with van der Waals surface area (Å²) in [6.07, 6.45) is 0. The molecule has 3 aromatic carbocycles. The number of nitro groups is 1. The summed E-state index contributed by atoms with van der Waals surface area (Å²) < 4.78 is 1.07. The van der Waals surface area contributed by atoms with Gasteiger partial charge in [-0.1, -0.05) is 47.5 Å². The van der Waals surface area contributed by atoms with E-state index in [9.17, 15) is 14.9 Å². The van der Waals surface area contributed by atoms with Gasteiger partial charge in [0.25, 0.3) is 11.2 Å². The first kappa shape index (κ1) is 18.8. The Labute approximate surface area is 171 Å². The van der Waals surface area contributed by atoms with Crippen LogP contribution in [0, 0.1) is 24.0 Å². The number of nitrogens with zero attached hydrogens (tertiary/aromatic N) is 3. The van der Waals surface area contributed by atoms with E-state index in [-0.39, 0.29) is 16.4 Å². The zero-order chi connectivity index (χ0) is 20.7. The number of hydrogen-bond acceptors (Lipinski definition) is 4. The Balaban J connectivity index is 2.15. The molecule has 0 aliphatic heterocycles. The van der Waals surface area contributed by atoms with Crippen molar-refractivity contribution in [1.82, 2.24) is 9.78 Å². The molecule has 0 unspecified atom stereocenters. The number of nitro benzene ring substituents is 1. The second kappa shape index (κ2) is 7.14. The van der Waals surface area contributed by atoms with Crippen LogP contribution in [0.2, 0.25) is 5.02 Å². The monoisotopic (exact) mass is 405 g/mol. The third-order valence-electron chi connectivity index (χ3n) is 4.82. The molecule has 6 nitrogen and oxygen atoms in total. The first-order chi connectivity index (χ1) is 13.9. The lowest BCUT2D eigenvalue weighted by atomic mass is 9.99. The van der Waals surface area contributed by atoms with E-state index in [0.717, 1.165) is 21.4 Å². The molecular formula is C22H16ClN3O3. The highest BCUT2D eigenvalue weighted by atomic mass is 35.5. The van der Waals surface area contributed by atoms with Crippen molar-refractivity contribution in [3.63, 3.8) is 0 Å². The maximum Gasteiger partial charge on any atom is 0.295 e. The van der Waals surface area contributed by atoms with E-state index in [1.807, 2.05) is 44.2 Å². The minimum atomic E-state index is -0.549. The highest BCUT2D eigenvalue weighted by Crippen LogP contribution is 2.31. The lowest BCUT2D eigenvalue weighted by molar-refractivity contribution is -0.384. The predicted molar refractivity (Wildman–Crippen MR) is 114 cm³/mol. The number of halogens is 1. The SMILES string of the molecule is Cc1ccc(C)c(-c2nn(-c3cc(Cl)ccc3[N+](=O)[O-])c(=O)c3ccccc23)c1. The van der Waals surface area contributed by atoms with Crippen molar-refractivity contribution in [3.8, 4) is 16.9 Å². The number of aryl methyl sites for hydroxylation is 2. The number of rotatable bonds is 3. The Bertz CT molecular complexity index is 1350. The van der Waals surface area contributed by atoms with E-state index in [4.69, 9.17) is 11.6 Å². The van der Waals surface area contributed by atoms with Crippen LogP contribution in [-0.4, -0.2) is 14.7 Å². The fourth-order valence-electron chi connectivity index (χ4n) is 3.36. The maximum absolute atomic E-state index is 13.2. The average molecular weight is 406 g/mol. The number of benzene rings is 3. The van der Waals surface area contributed by atoms with Gasteiger partial charge in [-0.2, -0.15) is 9.78 Å². The summed E-state index contributed by atoms with van der Waals surface area (Å²) in [7, 11) is 0. The Morgan fingerprint density at radius 2 is 1.72 bits per heavy atom. The first-order valence-corrected chi connectivity index (χ1v) is 9.28. The minimum absolute atomic E-state index is 0.0322. The van der Waals surface area contributed by atoms with Crippen LogP contribution in [0.3, 0.4) is 0 Å². The summed E-state index contributed by atoms with van der Waals surface area (Å²) in [6, 6.07) is 17.2. The number of aromatic nitrogens is 2. The van der Waals surface area contributed by atoms with Gasteiger partial charge in [-0.15, -0.1) is 0 Å². The highest BCUT2D eigenvalue weighted by Gasteiger charge is 2.21. The second-order valence-corrected chi connectivity index (χ2v) is 7.26. The molecule has 0 N–H and O–H groups in total. The van der Waals surface area contributed by atoms with Gasteiger partial charge in [0.05, 0.1) is 16.0 Å². The molecule has 0 spiro atoms. The fourth-order valence-corrected chi connectivity index (χ4v) is 3.53. The Morgan fingerprint density at radius 1 is 1.00 bits per heavy atom. The van der Waals surface area contributed by atoms with E-state index in [0.29, 0.717) is 16.5 Å². The molecule has 0 saturated heterocycles. The average Bonchev–Trinajstić information content (AvgIpc) is 2.70. The molecule has 29 heavy (non-hydrogen) atoms. The van der Waals surface area contributed by atoms with Crippen LogP contribution in [-0.2, 0) is 0 Å². The van der Waals surface area contributed by atoms with Gasteiger partial charge < -0.3 is 0 Å². The summed E-state index contributed by atoms with van der Waals surface area (Å²) in [5, 5.41) is 17.5. The lowest BCUT2D eigenvalue weighted by Crippen LogP contribution is -2.23. The van der Waals surface area contributed by atoms with E-state index < -0.39 is 10.5 Å². The van der Waals surface area contributed by atoms with Crippen molar-refractivity contribution >= 4 is 28.1 Å². The first-order valence-electron chi connectivity index (χ1n) is 8.91. The summed E-state index contributed by atoms with van der Waals surface area (Å²) in [6.45, 7) is 3.94. The number of hydrogen-bond donors (Lipinski definition) is 0. The molecule has 1 heterocycles. The van der Waals surface area contributed by atoms with Gasteiger partial charge in [-0.3, -0.25) is 14.9 Å². The molecule has 144 valence electrons. The molecule has 0 bridgehead atoms. The van der Waals surface area contributed by atoms with Gasteiger partial charge in [-0.05, 0) is 43.7 Å². The van der Waals surface area contributed by atoms with E-state index >= 15 is 0 Å². The van der Waals surface area contributed by atoms with E-state index in [2.05, 4.69) is 5.10 Å². The lowest BCUT2D eigenvalue weighted by Gasteiger charge is -2.13. The fraction of sp³-hybridized carbons (Fsp3) is 0.0909. The van der Waals surface area contributed by atoms with Crippen LogP contribution in [0.15, 0.2) is 65.5 Å². The zero-order valence-electron chi connectivity index (χ0n) is 15.7. The smallest absolute Gasteiger partial charge is 0.267 e. The van der Waals surface area contributed by atoms with Crippen LogP contribution in [0.1, 0.15) is 11.1 Å². The van der Waals surface area contributed by atoms with Gasteiger partial charge in [0, 0.05) is 22.0 Å². The zero-order valence-corrected chi connectivity index (χ0v) is 16.5. The summed E-state index contributed by atoms with van der Waals surface area (Å²) in [4.78, 5) is 24.2. The molecule has 0 aliphatic rings. The third kappa shape index (κ3) is 3.28. The summed E-state index contributed by atoms with van der Waals surface area (Å²) in [5.41, 5.74) is 2.81. The number of fused-ring (bicyclic) bond motifs is 1. The van der Waals surface area contributed by atoms with Crippen LogP contribution in [0.25, 0.3) is 27.7 Å². The second-order valence-electron chi connectivity index (χ2n) is 6.82. The molecule has 0 aliphatic carbocycles. The Kier molecular flexibility index (Phi) is 4.64. The van der Waals surface area contributed by atoms with Gasteiger partial charge in [0.15, 0.2) is 0 Å². The van der Waals surface area contributed by atoms with Crippen LogP contribution in [0.5, 0.6) is 0 Å². The largest absolute Gasteiger partial charge is 0.295 e. The molecule has 4 aromatic rings. The maximum atomic E-state index is 13.2. The summed E-state index contributed by atoms with van der Waals surface area (Å²) >= 11 is 6.08. The normalized spacial score (nSPS) is 11.0. The molecule has 0 fully saturated rings. The topological polar surface area (TPSA) is 78.0 Å². The molecule has 0 saturated carbocycles. The van der Waals surface area contributed by atoms with E-state index in [1.54, 1.807) is 12.1 Å². The predicted octanol–water partition coefficient (Wildman–Crippen LogP) is 5.23. The van der Waals surface area contributed by atoms with Crippen molar-refractivity contribution < 1.29 is 4.92 Å². The molecule has 0 amide bonds. The molecular weight excluding hydrogens is 390 g/mol. The van der Waals surface area contributed by atoms with Crippen molar-refractivity contribution in [2.75, 3.05) is 0 Å². The van der Waals surface area contributed by atoms with Gasteiger partial charge >= 0.3 is 0 Å². The molecule has 0 atom stereocenters. The van der Waals surface area contributed by atoms with Gasteiger partial charge in [0.2, 0.25) is 0 Å². The van der Waals surface area contributed by atoms with Gasteiger partial charge in [0.1, 0.15) is 5.69 Å². The third-order valence-corrected chi connectivity index (χ3v) is 5.05.